The molecule has 0 N–H and O–H groups in total. The Morgan fingerprint density at radius 3 is 1.32 bits per heavy atom. The molecule has 0 bridgehead atoms. The Morgan fingerprint density at radius 1 is 0.789 bits per heavy atom. The molecule has 0 aliphatic rings. The predicted octanol–water partition coefficient (Wildman–Crippen LogP) is 4.07. The summed E-state index contributed by atoms with van der Waals surface area (Å²) in [6.45, 7) is 5.02. The van der Waals surface area contributed by atoms with Crippen LogP contribution in [-0.4, -0.2) is 36.2 Å². The zero-order chi connectivity index (χ0) is 15.3. The molecule has 0 atom stereocenters. The Morgan fingerprint density at radius 2 is 1.11 bits per heavy atom. The van der Waals surface area contributed by atoms with Crippen molar-refractivity contribution in [2.45, 2.75) is 51.6 Å². The van der Waals surface area contributed by atoms with Crippen LogP contribution in [0.4, 0.5) is 26.3 Å². The number of hydrogen-bond donors (Lipinski definition) is 0. The van der Waals surface area contributed by atoms with Gasteiger partial charge in [-0.2, -0.15) is 0 Å². The highest BCUT2D eigenvalue weighted by Gasteiger charge is 2.53. The lowest BCUT2D eigenvalue weighted by atomic mass is 10.9. The number of rotatable bonds is 7. The van der Waals surface area contributed by atoms with E-state index in [0.29, 0.717) is 18.1 Å². The van der Waals surface area contributed by atoms with Crippen LogP contribution < -0.4 is 0 Å². The van der Waals surface area contributed by atoms with Crippen molar-refractivity contribution in [2.75, 3.05) is 0 Å². The number of alkyl halides is 6. The summed E-state index contributed by atoms with van der Waals surface area (Å²) in [5.41, 5.74) is 0. The third-order valence-corrected chi connectivity index (χ3v) is 10.3. The molecular formula is C8H15AlF6O3Si. The number of halogens is 6. The van der Waals surface area contributed by atoms with Gasteiger partial charge >= 0.3 is 27.9 Å². The molecule has 0 aromatic heterocycles. The van der Waals surface area contributed by atoms with Crippen molar-refractivity contribution < 1.29 is 37.4 Å². The summed E-state index contributed by atoms with van der Waals surface area (Å²) in [6, 6.07) is 1.18. The first-order valence-corrected chi connectivity index (χ1v) is 9.58. The van der Waals surface area contributed by atoms with Crippen LogP contribution in [0.2, 0.25) is 18.1 Å². The minimum absolute atomic E-state index is 0.395. The Hall–Kier alpha value is 0.209. The van der Waals surface area contributed by atoms with Crippen molar-refractivity contribution in [3.63, 3.8) is 0 Å². The topological polar surface area (TPSA) is 27.7 Å². The highest BCUT2D eigenvalue weighted by atomic mass is 28.4. The van der Waals surface area contributed by atoms with E-state index in [4.69, 9.17) is 3.48 Å². The van der Waals surface area contributed by atoms with Crippen molar-refractivity contribution in [1.82, 2.24) is 0 Å². The molecule has 0 rings (SSSR count). The zero-order valence-corrected chi connectivity index (χ0v) is 12.8. The molecule has 11 heteroatoms. The summed E-state index contributed by atoms with van der Waals surface area (Å²) in [6.07, 6.45) is -10.4. The second-order valence-corrected chi connectivity index (χ2v) is 10.3. The third kappa shape index (κ3) is 8.16. The van der Waals surface area contributed by atoms with Gasteiger partial charge in [0, 0.05) is 0 Å². The Labute approximate surface area is 113 Å². The van der Waals surface area contributed by atoms with E-state index in [1.54, 1.807) is 20.8 Å². The fourth-order valence-corrected chi connectivity index (χ4v) is 7.50. The van der Waals surface area contributed by atoms with E-state index in [1.807, 2.05) is 0 Å². The smallest absolute Gasteiger partial charge is 0.498 e. The molecule has 0 aliphatic carbocycles. The van der Waals surface area contributed by atoms with E-state index in [-0.39, 0.29) is 0 Å². The van der Waals surface area contributed by atoms with Crippen LogP contribution >= 0.6 is 0 Å². The lowest BCUT2D eigenvalue weighted by Crippen LogP contribution is -2.48. The van der Waals surface area contributed by atoms with E-state index in [1.165, 1.54) is 0 Å². The van der Waals surface area contributed by atoms with Gasteiger partial charge in [-0.3, -0.25) is 0 Å². The number of hydrogen-bond acceptors (Lipinski definition) is 3. The summed E-state index contributed by atoms with van der Waals surface area (Å²) in [7, 11) is -2.67. The molecule has 0 aromatic carbocycles. The van der Waals surface area contributed by atoms with Crippen molar-refractivity contribution in [3.8, 4) is 0 Å². The minimum atomic E-state index is -5.21. The van der Waals surface area contributed by atoms with E-state index in [9.17, 15) is 26.3 Å². The molecule has 0 aromatic rings. The van der Waals surface area contributed by atoms with Crippen LogP contribution in [-0.2, 0) is 11.1 Å². The normalized spacial score (nSPS) is 13.7. The van der Waals surface area contributed by atoms with Crippen molar-refractivity contribution in [1.29, 1.82) is 0 Å². The van der Waals surface area contributed by atoms with Crippen molar-refractivity contribution >= 4 is 23.5 Å². The summed E-state index contributed by atoms with van der Waals surface area (Å²) >= 11 is -4.35. The van der Waals surface area contributed by atoms with Gasteiger partial charge in [0.2, 0.25) is 0 Å². The average Bonchev–Trinajstić information content (AvgIpc) is 2.21. The molecule has 3 nitrogen and oxygen atoms in total. The van der Waals surface area contributed by atoms with Crippen LogP contribution in [0.15, 0.2) is 0 Å². The fourth-order valence-electron chi connectivity index (χ4n) is 1.49. The molecule has 0 fully saturated rings. The molecule has 0 unspecified atom stereocenters. The monoisotopic (exact) mass is 328 g/mol. The molecule has 0 radical (unpaired) electrons. The minimum Gasteiger partial charge on any atom is -0.498 e. The first-order valence-electron chi connectivity index (χ1n) is 5.64. The second-order valence-electron chi connectivity index (χ2n) is 3.78. The van der Waals surface area contributed by atoms with E-state index >= 15 is 0 Å². The molecule has 0 spiro atoms. The maximum atomic E-state index is 12.1. The van der Waals surface area contributed by atoms with Crippen LogP contribution in [0.1, 0.15) is 20.8 Å². The molecule has 0 heterocycles. The highest BCUT2D eigenvalue weighted by molar-refractivity contribution is 6.78. The lowest BCUT2D eigenvalue weighted by molar-refractivity contribution is -0.324. The maximum absolute atomic E-state index is 12.1. The highest BCUT2D eigenvalue weighted by Crippen LogP contribution is 2.29. The van der Waals surface area contributed by atoms with Crippen molar-refractivity contribution in [3.05, 3.63) is 0 Å². The molecule has 19 heavy (non-hydrogen) atoms. The Balaban J connectivity index is 4.93. The standard InChI is InChI=1S/C6H15OSi.2CF3O.Al/c1-4-8(7,5-2)6-3;2*2-1(3,4)5;/h4-6H2,1-3H3;;;/q3*-1;+3. The Kier molecular flexibility index (Phi) is 7.36. The third-order valence-electron chi connectivity index (χ3n) is 2.74. The van der Waals surface area contributed by atoms with E-state index in [0.717, 1.165) is 0 Å². The maximum Gasteiger partial charge on any atom is 0.906 e. The lowest BCUT2D eigenvalue weighted by Gasteiger charge is -2.31. The molecular weight excluding hydrogens is 313 g/mol. The summed E-state index contributed by atoms with van der Waals surface area (Å²) in [5, 5.41) is 0. The first kappa shape index (κ1) is 19.2. The molecule has 0 amide bonds. The summed E-state index contributed by atoms with van der Waals surface area (Å²) in [4.78, 5) is 0. The quantitative estimate of drug-likeness (QED) is 0.521. The van der Waals surface area contributed by atoms with Gasteiger partial charge in [0.05, 0.1) is 0 Å². The summed E-state index contributed by atoms with van der Waals surface area (Å²) < 4.78 is 84.2. The summed E-state index contributed by atoms with van der Waals surface area (Å²) in [5.74, 6) is 0. The van der Waals surface area contributed by atoms with Crippen molar-refractivity contribution in [2.24, 2.45) is 0 Å². The molecule has 0 saturated carbocycles. The zero-order valence-electron chi connectivity index (χ0n) is 10.7. The molecule has 114 valence electrons. The van der Waals surface area contributed by atoms with Gasteiger partial charge in [0.15, 0.2) is 8.32 Å². The molecule has 0 saturated heterocycles. The second kappa shape index (κ2) is 7.28. The Bertz CT molecular complexity index is 244. The average molecular weight is 328 g/mol. The van der Waals surface area contributed by atoms with Crippen LogP contribution in [0.25, 0.3) is 0 Å². The van der Waals surface area contributed by atoms with Gasteiger partial charge in [-0.15, -0.1) is 26.3 Å². The predicted molar refractivity (Wildman–Crippen MR) is 58.3 cm³/mol. The van der Waals surface area contributed by atoms with E-state index < -0.39 is 36.2 Å². The SMILES string of the molecule is CC[Si](CC)(CC)[O][Al]([O]C(F)(F)F)[O]C(F)(F)F. The van der Waals surface area contributed by atoms with Gasteiger partial charge < -0.3 is 11.1 Å². The van der Waals surface area contributed by atoms with Crippen LogP contribution in [0.5, 0.6) is 0 Å². The van der Waals surface area contributed by atoms with Gasteiger partial charge in [-0.05, 0) is 18.1 Å². The van der Waals surface area contributed by atoms with Gasteiger partial charge in [0.1, 0.15) is 0 Å². The first-order chi connectivity index (χ1) is 8.47. The molecule has 0 aliphatic heterocycles. The fraction of sp³-hybridized carbons (Fsp3) is 1.00. The van der Waals surface area contributed by atoms with E-state index in [2.05, 4.69) is 7.58 Å². The van der Waals surface area contributed by atoms with Gasteiger partial charge in [-0.25, -0.2) is 0 Å². The van der Waals surface area contributed by atoms with Gasteiger partial charge in [-0.1, -0.05) is 20.8 Å². The largest absolute Gasteiger partial charge is 0.906 e. The van der Waals surface area contributed by atoms with Gasteiger partial charge in [0.25, 0.3) is 0 Å². The van der Waals surface area contributed by atoms with Crippen LogP contribution in [0, 0.1) is 0 Å². The van der Waals surface area contributed by atoms with Crippen LogP contribution in [0.3, 0.4) is 0 Å².